The van der Waals surface area contributed by atoms with Gasteiger partial charge in [0.2, 0.25) is 13.1 Å². The summed E-state index contributed by atoms with van der Waals surface area (Å²) in [5, 5.41) is 18.1. The van der Waals surface area contributed by atoms with E-state index in [0.29, 0.717) is 45.4 Å². The van der Waals surface area contributed by atoms with E-state index in [9.17, 15) is 10.0 Å². The summed E-state index contributed by atoms with van der Waals surface area (Å²) in [4.78, 5) is 26.8. The Labute approximate surface area is 361 Å². The van der Waals surface area contributed by atoms with Crippen molar-refractivity contribution in [1.82, 2.24) is 19.5 Å². The number of aromatic nitrogens is 5. The predicted molar refractivity (Wildman–Crippen MR) is 241 cm³/mol. The fourth-order valence-electron chi connectivity index (χ4n) is 8.23. The van der Waals surface area contributed by atoms with Gasteiger partial charge in [-0.15, -0.1) is 0 Å². The van der Waals surface area contributed by atoms with Crippen LogP contribution in [0.5, 0.6) is 5.75 Å². The predicted octanol–water partition coefficient (Wildman–Crippen LogP) is 7.16. The molecule has 0 saturated carbocycles. The van der Waals surface area contributed by atoms with Gasteiger partial charge in [0.25, 0.3) is 14.2 Å². The average molecular weight is 869 g/mol. The minimum absolute atomic E-state index is 0.0976. The van der Waals surface area contributed by atoms with E-state index in [1.54, 1.807) is 54.9 Å². The van der Waals surface area contributed by atoms with Crippen LogP contribution in [0.15, 0.2) is 152 Å². The molecule has 13 nitrogen and oxygen atoms in total. The van der Waals surface area contributed by atoms with Crippen molar-refractivity contribution in [3.05, 3.63) is 169 Å². The number of nitrogens with zero attached hydrogens (tertiary/aromatic N) is 5. The average Bonchev–Trinajstić information content (AvgIpc) is 3.92. The third kappa shape index (κ3) is 8.70. The molecule has 1 N–H and O–H groups in total. The second kappa shape index (κ2) is 18.1. The molecule has 15 heteroatoms. The molecule has 3 aromatic heterocycles. The largest absolute Gasteiger partial charge is 0.618 e. The summed E-state index contributed by atoms with van der Waals surface area (Å²) >= 11 is 0. The maximum atomic E-state index is 15.2. The van der Waals surface area contributed by atoms with Crippen LogP contribution in [0.4, 0.5) is 5.82 Å². The van der Waals surface area contributed by atoms with Crippen molar-refractivity contribution in [3.63, 3.8) is 0 Å². The van der Waals surface area contributed by atoms with Crippen molar-refractivity contribution in [2.75, 3.05) is 18.6 Å². The Hall–Kier alpha value is -6.02. The molecule has 1 saturated heterocycles. The van der Waals surface area contributed by atoms with Crippen LogP contribution in [0.2, 0.25) is 5.04 Å². The van der Waals surface area contributed by atoms with Crippen molar-refractivity contribution in [3.8, 4) is 5.75 Å². The molecule has 1 amide bonds. The number of methoxy groups -OCH3 is 1. The number of rotatable bonds is 15. The SMILES string of the molecule is COc1cc[n+]([O-])c(COP(=O)(CC[C@H]2O[C@@H](n3cnc4c(NC(=O)c5ccccc5)ncnc43)C[C@@H]2O[Si](c2ccccc2)(c2ccccc2)C(C)(C)C)c2ccccc2)c1. The number of hydrogen-bond acceptors (Lipinski definition) is 10. The number of nitrogens with one attached hydrogen (secondary N) is 1. The van der Waals surface area contributed by atoms with E-state index >= 15 is 4.57 Å². The van der Waals surface area contributed by atoms with E-state index in [1.807, 2.05) is 65.2 Å². The van der Waals surface area contributed by atoms with Crippen molar-refractivity contribution in [2.24, 2.45) is 0 Å². The van der Waals surface area contributed by atoms with Crippen molar-refractivity contribution in [2.45, 2.75) is 63.7 Å². The Morgan fingerprint density at radius 3 is 2.16 bits per heavy atom. The summed E-state index contributed by atoms with van der Waals surface area (Å²) in [6.07, 6.45) is 3.52. The standard InChI is InChI=1S/C47H49N6O7PSi/c1-47(2,3)62(38-21-13-7-14-22-38,39-23-15-8-16-24-39)60-41-30-42(52-33-50-43-44(48-32-49-45(43)52)51-46(54)34-17-9-5-10-18-34)59-40(41)26-28-61(56,37-19-11-6-12-20-37)58-31-35-29-36(57-4)25-27-53(35)55/h5-25,27,29,32-33,40-42H,26,28,30-31H2,1-4H3,(H,48,49,51,54)/t40-,41+,42-,61?/m1/s1. The van der Waals surface area contributed by atoms with Crippen molar-refractivity contribution in [1.29, 1.82) is 0 Å². The number of amides is 1. The summed E-state index contributed by atoms with van der Waals surface area (Å²) in [7, 11) is -5.23. The molecule has 4 aromatic carbocycles. The summed E-state index contributed by atoms with van der Waals surface area (Å²) in [5.74, 6) is 0.438. The Morgan fingerprint density at radius 2 is 1.53 bits per heavy atom. The summed E-state index contributed by atoms with van der Waals surface area (Å²) in [6, 6.07) is 41.9. The van der Waals surface area contributed by atoms with Gasteiger partial charge in [0, 0.05) is 29.5 Å². The summed E-state index contributed by atoms with van der Waals surface area (Å²) in [5.41, 5.74) is 1.62. The number of carbonyl (C=O) groups is 1. The highest BCUT2D eigenvalue weighted by Gasteiger charge is 2.54. The monoisotopic (exact) mass is 868 g/mol. The van der Waals surface area contributed by atoms with Gasteiger partial charge >= 0.3 is 0 Å². The first-order valence-electron chi connectivity index (χ1n) is 20.5. The molecule has 318 valence electrons. The molecular weight excluding hydrogens is 820 g/mol. The lowest BCUT2D eigenvalue weighted by atomic mass is 10.1. The number of anilines is 1. The second-order valence-corrected chi connectivity index (χ2v) is 23.1. The summed E-state index contributed by atoms with van der Waals surface area (Å²) in [6.45, 7) is 6.48. The van der Waals surface area contributed by atoms with Crippen molar-refractivity contribution < 1.29 is 32.5 Å². The Balaban J connectivity index is 1.16. The first-order chi connectivity index (χ1) is 30.0. The van der Waals surface area contributed by atoms with Gasteiger partial charge < -0.3 is 28.9 Å². The van der Waals surface area contributed by atoms with E-state index < -0.39 is 34.1 Å². The zero-order valence-corrected chi connectivity index (χ0v) is 36.9. The number of pyridine rings is 1. The molecular formula is C47H49N6O7PSi. The number of hydrogen-bond donors (Lipinski definition) is 1. The third-order valence-corrected chi connectivity index (χ3v) is 18.9. The first-order valence-corrected chi connectivity index (χ1v) is 24.2. The van der Waals surface area contributed by atoms with Gasteiger partial charge in [0.1, 0.15) is 24.9 Å². The number of carbonyl (C=O) groups excluding carboxylic acids is 1. The lowest BCUT2D eigenvalue weighted by Crippen LogP contribution is -2.68. The second-order valence-electron chi connectivity index (χ2n) is 16.2. The molecule has 62 heavy (non-hydrogen) atoms. The highest BCUT2D eigenvalue weighted by Crippen LogP contribution is 2.49. The van der Waals surface area contributed by atoms with Crippen LogP contribution in [-0.2, 0) is 24.9 Å². The van der Waals surface area contributed by atoms with Gasteiger partial charge in [-0.05, 0) is 46.1 Å². The van der Waals surface area contributed by atoms with Crippen LogP contribution in [-0.4, -0.2) is 59.2 Å². The molecule has 1 fully saturated rings. The van der Waals surface area contributed by atoms with Crippen LogP contribution < -0.4 is 30.5 Å². The van der Waals surface area contributed by atoms with Crippen LogP contribution in [0.1, 0.15) is 55.9 Å². The lowest BCUT2D eigenvalue weighted by molar-refractivity contribution is -0.616. The molecule has 1 aliphatic heterocycles. The van der Waals surface area contributed by atoms with Gasteiger partial charge in [0.05, 0.1) is 31.7 Å². The third-order valence-electron chi connectivity index (χ3n) is 11.3. The zero-order valence-electron chi connectivity index (χ0n) is 35.0. The fourth-order valence-corrected chi connectivity index (χ4v) is 15.0. The Morgan fingerprint density at radius 1 is 0.903 bits per heavy atom. The van der Waals surface area contributed by atoms with Gasteiger partial charge in [-0.1, -0.05) is 118 Å². The van der Waals surface area contributed by atoms with Gasteiger partial charge in [-0.3, -0.25) is 13.9 Å². The quantitative estimate of drug-likeness (QED) is 0.0486. The molecule has 0 radical (unpaired) electrons. The Bertz CT molecular complexity index is 2630. The normalized spacial score (nSPS) is 17.7. The van der Waals surface area contributed by atoms with Gasteiger partial charge in [-0.25, -0.2) is 15.0 Å². The number of benzene rings is 4. The zero-order chi connectivity index (χ0) is 43.3. The molecule has 8 rings (SSSR count). The smallest absolute Gasteiger partial charge is 0.261 e. The van der Waals surface area contributed by atoms with Crippen LogP contribution in [0, 0.1) is 5.21 Å². The molecule has 4 heterocycles. The minimum atomic E-state index is -3.62. The highest BCUT2D eigenvalue weighted by atomic mass is 31.2. The maximum absolute atomic E-state index is 15.2. The molecule has 0 bridgehead atoms. The molecule has 1 unspecified atom stereocenters. The van der Waals surface area contributed by atoms with E-state index in [0.717, 1.165) is 10.4 Å². The topological polar surface area (TPSA) is 154 Å². The maximum Gasteiger partial charge on any atom is 0.261 e. The van der Waals surface area contributed by atoms with Crippen LogP contribution in [0.25, 0.3) is 11.2 Å². The number of fused-ring (bicyclic) bond motifs is 1. The number of imidazole rings is 1. The van der Waals surface area contributed by atoms with E-state index in [2.05, 4.69) is 65.3 Å². The molecule has 4 atom stereocenters. The van der Waals surface area contributed by atoms with E-state index in [-0.39, 0.29) is 35.2 Å². The lowest BCUT2D eigenvalue weighted by Gasteiger charge is -2.45. The van der Waals surface area contributed by atoms with E-state index in [1.165, 1.54) is 19.6 Å². The number of ether oxygens (including phenoxy) is 2. The molecule has 0 spiro atoms. The minimum Gasteiger partial charge on any atom is -0.618 e. The van der Waals surface area contributed by atoms with Crippen LogP contribution in [0.3, 0.4) is 0 Å². The highest BCUT2D eigenvalue weighted by molar-refractivity contribution is 7.66. The Kier molecular flexibility index (Phi) is 12.5. The van der Waals surface area contributed by atoms with Crippen molar-refractivity contribution >= 4 is 54.3 Å². The van der Waals surface area contributed by atoms with Crippen LogP contribution >= 0.6 is 7.37 Å². The van der Waals surface area contributed by atoms with Gasteiger partial charge in [-0.2, -0.15) is 4.73 Å². The first kappa shape index (κ1) is 42.7. The summed E-state index contributed by atoms with van der Waals surface area (Å²) < 4.78 is 44.2. The van der Waals surface area contributed by atoms with Gasteiger partial charge in [0.15, 0.2) is 23.2 Å². The van der Waals surface area contributed by atoms with E-state index in [4.69, 9.17) is 18.4 Å². The fraction of sp³-hybridized carbons (Fsp3) is 0.255. The molecule has 1 aliphatic rings. The molecule has 7 aromatic rings. The molecule has 0 aliphatic carbocycles.